The maximum atomic E-state index is 12.2. The number of carbonyl (C=O) groups excluding carboxylic acids is 1. The Bertz CT molecular complexity index is 638. The van der Waals surface area contributed by atoms with Gasteiger partial charge >= 0.3 is 0 Å². The lowest BCUT2D eigenvalue weighted by molar-refractivity contribution is 0.0620. The van der Waals surface area contributed by atoms with E-state index in [0.717, 1.165) is 24.1 Å². The monoisotopic (exact) mass is 346 g/mol. The van der Waals surface area contributed by atoms with Crippen molar-refractivity contribution in [1.29, 1.82) is 0 Å². The van der Waals surface area contributed by atoms with Crippen LogP contribution in [0.25, 0.3) is 0 Å². The first-order chi connectivity index (χ1) is 9.04. The largest absolute Gasteiger partial charge is 0.336 e. The van der Waals surface area contributed by atoms with E-state index in [9.17, 15) is 22.0 Å². The topological polar surface area (TPSA) is 80.5 Å². The van der Waals surface area contributed by atoms with E-state index in [-0.39, 0.29) is 15.6 Å². The van der Waals surface area contributed by atoms with Crippen LogP contribution in [0.1, 0.15) is 10.4 Å². The molecule has 1 aromatic carbocycles. The van der Waals surface area contributed by atoms with Gasteiger partial charge in [-0.1, -0.05) is 23.2 Å². The Hall–Kier alpha value is -0.960. The van der Waals surface area contributed by atoms with Crippen LogP contribution in [0.4, 0.5) is 8.78 Å². The summed E-state index contributed by atoms with van der Waals surface area (Å²) in [7, 11) is -3.05. The first-order valence-electron chi connectivity index (χ1n) is 5.09. The van der Waals surface area contributed by atoms with E-state index in [0.29, 0.717) is 0 Å². The Balaban J connectivity index is 3.28. The number of nitrogens with two attached hydrogens (primary N) is 1. The lowest BCUT2D eigenvalue weighted by Gasteiger charge is -2.17. The number of halogens is 4. The summed E-state index contributed by atoms with van der Waals surface area (Å²) in [5, 5.41) is 4.39. The third kappa shape index (κ3) is 4.02. The number of carbonyl (C=O) groups is 1. The molecule has 1 aromatic rings. The highest BCUT2D eigenvalue weighted by Gasteiger charge is 2.22. The van der Waals surface area contributed by atoms with Gasteiger partial charge in [-0.3, -0.25) is 4.79 Å². The third-order valence-corrected chi connectivity index (χ3v) is 4.16. The number of amides is 1. The number of primary sulfonamides is 1. The maximum absolute atomic E-state index is 12.2. The van der Waals surface area contributed by atoms with E-state index < -0.39 is 33.8 Å². The predicted octanol–water partition coefficient (Wildman–Crippen LogP) is 1.98. The second kappa shape index (κ2) is 6.21. The summed E-state index contributed by atoms with van der Waals surface area (Å²) in [5.74, 6) is -0.825. The van der Waals surface area contributed by atoms with E-state index >= 15 is 0 Å². The standard InChI is InChI=1S/C10H10Cl2F2N2O3S/c1-16(4-8(13)14)10(17)5-2-6(11)9(12)7(3-5)20(15,18)19/h2-3,8H,4H2,1H3,(H2,15,18,19). The molecule has 20 heavy (non-hydrogen) atoms. The molecule has 2 N–H and O–H groups in total. The Morgan fingerprint density at radius 1 is 1.40 bits per heavy atom. The number of alkyl halides is 2. The van der Waals surface area contributed by atoms with Crippen molar-refractivity contribution < 1.29 is 22.0 Å². The van der Waals surface area contributed by atoms with Gasteiger partial charge in [0, 0.05) is 12.6 Å². The lowest BCUT2D eigenvalue weighted by atomic mass is 10.2. The van der Waals surface area contributed by atoms with E-state index in [1.807, 2.05) is 0 Å². The summed E-state index contributed by atoms with van der Waals surface area (Å²) < 4.78 is 47.1. The minimum atomic E-state index is -4.20. The van der Waals surface area contributed by atoms with Crippen LogP contribution in [0.3, 0.4) is 0 Å². The summed E-state index contributed by atoms with van der Waals surface area (Å²) in [6, 6.07) is 1.98. The first-order valence-corrected chi connectivity index (χ1v) is 7.39. The zero-order valence-corrected chi connectivity index (χ0v) is 12.4. The molecule has 0 radical (unpaired) electrons. The molecule has 0 unspecified atom stereocenters. The minimum absolute atomic E-state index is 0.202. The van der Waals surface area contributed by atoms with Gasteiger partial charge in [0.25, 0.3) is 12.3 Å². The summed E-state index contributed by atoms with van der Waals surface area (Å²) in [6.07, 6.45) is -2.72. The van der Waals surface area contributed by atoms with Gasteiger partial charge in [0.2, 0.25) is 10.0 Å². The van der Waals surface area contributed by atoms with Gasteiger partial charge in [-0.2, -0.15) is 0 Å². The summed E-state index contributed by atoms with van der Waals surface area (Å²) in [5.41, 5.74) is -0.202. The highest BCUT2D eigenvalue weighted by molar-refractivity contribution is 7.89. The van der Waals surface area contributed by atoms with Crippen LogP contribution in [0.5, 0.6) is 0 Å². The number of hydrogen-bond donors (Lipinski definition) is 1. The van der Waals surface area contributed by atoms with Gasteiger partial charge in [-0.25, -0.2) is 22.3 Å². The lowest BCUT2D eigenvalue weighted by Crippen LogP contribution is -2.31. The molecule has 0 spiro atoms. The molecule has 0 aliphatic rings. The predicted molar refractivity (Wildman–Crippen MR) is 70.8 cm³/mol. The second-order valence-electron chi connectivity index (χ2n) is 3.89. The molecule has 0 atom stereocenters. The van der Waals surface area contributed by atoms with Crippen LogP contribution < -0.4 is 5.14 Å². The molecule has 0 fully saturated rings. The number of nitrogens with zero attached hydrogens (tertiary/aromatic N) is 1. The highest BCUT2D eigenvalue weighted by Crippen LogP contribution is 2.30. The molecule has 0 aliphatic carbocycles. The third-order valence-electron chi connectivity index (χ3n) is 2.31. The van der Waals surface area contributed by atoms with Crippen LogP contribution in [-0.4, -0.2) is 39.2 Å². The Morgan fingerprint density at radius 2 is 1.95 bits per heavy atom. The van der Waals surface area contributed by atoms with Gasteiger partial charge in [0.1, 0.15) is 4.90 Å². The van der Waals surface area contributed by atoms with Crippen molar-refractivity contribution in [2.75, 3.05) is 13.6 Å². The Kier molecular flexibility index (Phi) is 5.31. The van der Waals surface area contributed by atoms with Crippen molar-refractivity contribution in [3.05, 3.63) is 27.7 Å². The molecule has 112 valence electrons. The van der Waals surface area contributed by atoms with Gasteiger partial charge in [0.05, 0.1) is 16.6 Å². The molecule has 1 amide bonds. The van der Waals surface area contributed by atoms with Crippen LogP contribution in [0.2, 0.25) is 10.0 Å². The summed E-state index contributed by atoms with van der Waals surface area (Å²) >= 11 is 11.4. The molecular weight excluding hydrogens is 337 g/mol. The van der Waals surface area contributed by atoms with Crippen LogP contribution in [-0.2, 0) is 10.0 Å². The SMILES string of the molecule is CN(CC(F)F)C(=O)c1cc(Cl)c(Cl)c(S(N)(=O)=O)c1. The molecule has 5 nitrogen and oxygen atoms in total. The minimum Gasteiger partial charge on any atom is -0.336 e. The quantitative estimate of drug-likeness (QED) is 0.904. The fraction of sp³-hybridized carbons (Fsp3) is 0.300. The molecule has 0 aromatic heterocycles. The molecule has 0 bridgehead atoms. The molecule has 0 saturated carbocycles. The first kappa shape index (κ1) is 17.1. The van der Waals surface area contributed by atoms with Crippen LogP contribution >= 0.6 is 23.2 Å². The maximum Gasteiger partial charge on any atom is 0.255 e. The molecule has 0 aliphatic heterocycles. The number of benzene rings is 1. The molecule has 1 rings (SSSR count). The zero-order chi connectivity index (χ0) is 15.7. The van der Waals surface area contributed by atoms with E-state index in [2.05, 4.69) is 0 Å². The Morgan fingerprint density at radius 3 is 2.40 bits per heavy atom. The van der Waals surface area contributed by atoms with Crippen molar-refractivity contribution in [2.24, 2.45) is 5.14 Å². The Labute approximate surface area is 124 Å². The van der Waals surface area contributed by atoms with Crippen molar-refractivity contribution in [3.8, 4) is 0 Å². The number of sulfonamides is 1. The van der Waals surface area contributed by atoms with E-state index in [1.54, 1.807) is 0 Å². The zero-order valence-electron chi connectivity index (χ0n) is 10.1. The van der Waals surface area contributed by atoms with Gasteiger partial charge in [0.15, 0.2) is 0 Å². The van der Waals surface area contributed by atoms with Gasteiger partial charge in [-0.05, 0) is 12.1 Å². The number of rotatable bonds is 4. The second-order valence-corrected chi connectivity index (χ2v) is 6.21. The van der Waals surface area contributed by atoms with Gasteiger partial charge < -0.3 is 4.90 Å². The van der Waals surface area contributed by atoms with E-state index in [1.165, 1.54) is 0 Å². The molecule has 10 heteroatoms. The average molecular weight is 347 g/mol. The number of hydrogen-bond acceptors (Lipinski definition) is 3. The van der Waals surface area contributed by atoms with Crippen molar-refractivity contribution in [3.63, 3.8) is 0 Å². The molecule has 0 saturated heterocycles. The van der Waals surface area contributed by atoms with Gasteiger partial charge in [-0.15, -0.1) is 0 Å². The highest BCUT2D eigenvalue weighted by atomic mass is 35.5. The van der Waals surface area contributed by atoms with Crippen LogP contribution in [0, 0.1) is 0 Å². The van der Waals surface area contributed by atoms with Crippen molar-refractivity contribution >= 4 is 39.1 Å². The fourth-order valence-corrected chi connectivity index (χ4v) is 2.76. The summed E-state index contributed by atoms with van der Waals surface area (Å²) in [4.78, 5) is 12.1. The molecular formula is C10H10Cl2F2N2O3S. The molecule has 0 heterocycles. The normalized spacial score (nSPS) is 11.8. The van der Waals surface area contributed by atoms with Crippen molar-refractivity contribution in [1.82, 2.24) is 4.90 Å². The smallest absolute Gasteiger partial charge is 0.255 e. The summed E-state index contributed by atoms with van der Waals surface area (Å²) in [6.45, 7) is -0.802. The van der Waals surface area contributed by atoms with Crippen molar-refractivity contribution in [2.45, 2.75) is 11.3 Å². The average Bonchev–Trinajstić information content (AvgIpc) is 2.29. The van der Waals surface area contributed by atoms with Crippen LogP contribution in [0.15, 0.2) is 17.0 Å². The van der Waals surface area contributed by atoms with E-state index in [4.69, 9.17) is 28.3 Å². The fourth-order valence-electron chi connectivity index (χ4n) is 1.40.